The third-order valence-electron chi connectivity index (χ3n) is 7.87. The van der Waals surface area contributed by atoms with Crippen LogP contribution in [0, 0.1) is 0 Å². The van der Waals surface area contributed by atoms with Crippen LogP contribution in [-0.4, -0.2) is 49.9 Å². The minimum atomic E-state index is -4.26. The smallest absolute Gasteiger partial charge is 0.457 e. The molecule has 0 rings (SSSR count). The third kappa shape index (κ3) is 34.3. The summed E-state index contributed by atoms with van der Waals surface area (Å²) in [7, 11) is -4.26. The summed E-state index contributed by atoms with van der Waals surface area (Å²) in [5.41, 5.74) is 5.33. The number of phosphoric ester groups is 1. The first-order valence-electron chi connectivity index (χ1n) is 18.8. The van der Waals surface area contributed by atoms with Crippen LogP contribution in [0.25, 0.3) is 0 Å². The van der Waals surface area contributed by atoms with Gasteiger partial charge in [-0.05, 0) is 44.9 Å². The van der Waals surface area contributed by atoms with Crippen molar-refractivity contribution in [1.82, 2.24) is 0 Å². The number of esters is 1. The van der Waals surface area contributed by atoms with Crippen molar-refractivity contribution in [1.29, 1.82) is 0 Å². The van der Waals surface area contributed by atoms with E-state index in [0.29, 0.717) is 13.0 Å². The van der Waals surface area contributed by atoms with E-state index in [9.17, 15) is 14.3 Å². The quantitative estimate of drug-likeness (QED) is 0.0292. The number of carbonyl (C=O) groups excluding carboxylic acids is 1. The topological polar surface area (TPSA) is 117 Å². The number of ether oxygens (including phenoxy) is 2. The molecule has 3 N–H and O–H groups in total. The molecule has 0 aromatic heterocycles. The second kappa shape index (κ2) is 35.3. The Kier molecular flexibility index (Phi) is 34.5. The first-order valence-corrected chi connectivity index (χ1v) is 20.3. The number of unbranched alkanes of at least 4 members (excludes halogenated alkanes) is 19. The van der Waals surface area contributed by atoms with Crippen LogP contribution in [0.15, 0.2) is 24.3 Å². The standard InChI is InChI=1S/C37H72NO7P/c1-3-5-7-9-10-11-12-13-14-15-16-17-18-19-20-21-22-23-24-25-27-29-32-42-34-36(35-44-46(40,41)43-33-31-38)45-37(39)30-28-26-8-6-4-2/h12-13,15-16,36H,3-11,14,17-35,38H2,1-2H3,(H,40,41)/b13-12-,16-15-. The van der Waals surface area contributed by atoms with Crippen LogP contribution in [0.5, 0.6) is 0 Å². The number of phosphoric acid groups is 1. The lowest BCUT2D eigenvalue weighted by Gasteiger charge is -2.20. The Morgan fingerprint density at radius 3 is 1.70 bits per heavy atom. The van der Waals surface area contributed by atoms with Gasteiger partial charge in [-0.15, -0.1) is 0 Å². The summed E-state index contributed by atoms with van der Waals surface area (Å²) in [4.78, 5) is 22.1. The lowest BCUT2D eigenvalue weighted by Crippen LogP contribution is -2.28. The number of rotatable bonds is 36. The summed E-state index contributed by atoms with van der Waals surface area (Å²) in [6.07, 6.45) is 36.6. The maximum Gasteiger partial charge on any atom is 0.472 e. The van der Waals surface area contributed by atoms with Crippen molar-refractivity contribution in [3.05, 3.63) is 24.3 Å². The van der Waals surface area contributed by atoms with Crippen molar-refractivity contribution < 1.29 is 32.8 Å². The van der Waals surface area contributed by atoms with E-state index in [-0.39, 0.29) is 32.3 Å². The Morgan fingerprint density at radius 2 is 1.15 bits per heavy atom. The van der Waals surface area contributed by atoms with E-state index < -0.39 is 13.9 Å². The summed E-state index contributed by atoms with van der Waals surface area (Å²) in [6, 6.07) is 0. The molecule has 0 aromatic carbocycles. The molecule has 0 radical (unpaired) electrons. The molecule has 0 saturated heterocycles. The van der Waals surface area contributed by atoms with Crippen molar-refractivity contribution in [3.63, 3.8) is 0 Å². The largest absolute Gasteiger partial charge is 0.472 e. The van der Waals surface area contributed by atoms with Gasteiger partial charge in [0.2, 0.25) is 0 Å². The first-order chi connectivity index (χ1) is 22.4. The molecule has 0 saturated carbocycles. The second-order valence-corrected chi connectivity index (χ2v) is 13.9. The fourth-order valence-electron chi connectivity index (χ4n) is 5.08. The molecule has 8 nitrogen and oxygen atoms in total. The van der Waals surface area contributed by atoms with Crippen molar-refractivity contribution >= 4 is 13.8 Å². The normalized spacial score (nSPS) is 13.9. The average molecular weight is 674 g/mol. The van der Waals surface area contributed by atoms with E-state index in [4.69, 9.17) is 24.3 Å². The summed E-state index contributed by atoms with van der Waals surface area (Å²) in [5, 5.41) is 0. The maximum absolute atomic E-state index is 12.3. The zero-order chi connectivity index (χ0) is 33.8. The van der Waals surface area contributed by atoms with Gasteiger partial charge in [0.05, 0.1) is 19.8 Å². The Bertz CT molecular complexity index is 762. The van der Waals surface area contributed by atoms with Crippen LogP contribution in [0.1, 0.15) is 168 Å². The third-order valence-corrected chi connectivity index (χ3v) is 8.86. The van der Waals surface area contributed by atoms with Crippen molar-refractivity contribution in [2.24, 2.45) is 5.73 Å². The fraction of sp³-hybridized carbons (Fsp3) is 0.865. The summed E-state index contributed by atoms with van der Waals surface area (Å²) in [5.74, 6) is -0.344. The molecule has 0 aromatic rings. The lowest BCUT2D eigenvalue weighted by atomic mass is 10.1. The molecule has 2 atom stereocenters. The average Bonchev–Trinajstić information content (AvgIpc) is 3.04. The number of allylic oxidation sites excluding steroid dienone is 4. The van der Waals surface area contributed by atoms with Gasteiger partial charge in [-0.2, -0.15) is 0 Å². The highest BCUT2D eigenvalue weighted by Crippen LogP contribution is 2.43. The van der Waals surface area contributed by atoms with Crippen LogP contribution in [-0.2, 0) is 27.9 Å². The number of hydrogen-bond donors (Lipinski definition) is 2. The van der Waals surface area contributed by atoms with Crippen LogP contribution in [0.4, 0.5) is 0 Å². The predicted molar refractivity (Wildman–Crippen MR) is 192 cm³/mol. The van der Waals surface area contributed by atoms with E-state index in [1.54, 1.807) is 0 Å². The van der Waals surface area contributed by atoms with Gasteiger partial charge in [0.1, 0.15) is 6.10 Å². The molecular formula is C37H72NO7P. The van der Waals surface area contributed by atoms with E-state index in [1.807, 2.05) is 0 Å². The van der Waals surface area contributed by atoms with Gasteiger partial charge in [0.15, 0.2) is 0 Å². The first kappa shape index (κ1) is 45.0. The molecule has 0 bridgehead atoms. The minimum absolute atomic E-state index is 0.0951. The molecule has 9 heteroatoms. The number of carbonyl (C=O) groups is 1. The Balaban J connectivity index is 3.84. The van der Waals surface area contributed by atoms with Gasteiger partial charge in [-0.1, -0.05) is 141 Å². The predicted octanol–water partition coefficient (Wildman–Crippen LogP) is 10.5. The van der Waals surface area contributed by atoms with E-state index in [1.165, 1.54) is 96.3 Å². The molecule has 0 fully saturated rings. The van der Waals surface area contributed by atoms with E-state index >= 15 is 0 Å². The van der Waals surface area contributed by atoms with Gasteiger partial charge in [-0.3, -0.25) is 13.8 Å². The summed E-state index contributed by atoms with van der Waals surface area (Å²) < 4.78 is 33.0. The fourth-order valence-corrected chi connectivity index (χ4v) is 5.85. The van der Waals surface area contributed by atoms with Crippen LogP contribution in [0.2, 0.25) is 0 Å². The highest BCUT2D eigenvalue weighted by molar-refractivity contribution is 7.47. The zero-order valence-electron chi connectivity index (χ0n) is 29.8. The Morgan fingerprint density at radius 1 is 0.652 bits per heavy atom. The lowest BCUT2D eigenvalue weighted by molar-refractivity contribution is -0.154. The monoisotopic (exact) mass is 674 g/mol. The highest BCUT2D eigenvalue weighted by Gasteiger charge is 2.25. The maximum atomic E-state index is 12.3. The van der Waals surface area contributed by atoms with Gasteiger partial charge >= 0.3 is 13.8 Å². The number of nitrogens with two attached hydrogens (primary N) is 1. The van der Waals surface area contributed by atoms with Gasteiger partial charge in [-0.25, -0.2) is 4.57 Å². The Labute approximate surface area is 283 Å². The molecule has 46 heavy (non-hydrogen) atoms. The van der Waals surface area contributed by atoms with Crippen molar-refractivity contribution in [3.8, 4) is 0 Å². The minimum Gasteiger partial charge on any atom is -0.457 e. The Hall–Kier alpha value is -1.02. The van der Waals surface area contributed by atoms with Crippen LogP contribution >= 0.6 is 7.82 Å². The summed E-state index contributed by atoms with van der Waals surface area (Å²) >= 11 is 0. The zero-order valence-corrected chi connectivity index (χ0v) is 30.7. The SMILES string of the molecule is CCCCCCC/C=C\C/C=C\CCCCCCCCCCCCOCC(COP(=O)(O)OCCN)OC(=O)CCCCCCC. The number of hydrogen-bond acceptors (Lipinski definition) is 7. The van der Waals surface area contributed by atoms with Gasteiger partial charge in [0, 0.05) is 19.6 Å². The van der Waals surface area contributed by atoms with Crippen LogP contribution < -0.4 is 5.73 Å². The molecule has 2 unspecified atom stereocenters. The van der Waals surface area contributed by atoms with E-state index in [2.05, 4.69) is 38.2 Å². The molecule has 0 aliphatic heterocycles. The van der Waals surface area contributed by atoms with Gasteiger partial charge in [0.25, 0.3) is 0 Å². The molecule has 0 aliphatic carbocycles. The van der Waals surface area contributed by atoms with Crippen LogP contribution in [0.3, 0.4) is 0 Å². The second-order valence-electron chi connectivity index (χ2n) is 12.4. The molecular weight excluding hydrogens is 601 g/mol. The molecule has 0 spiro atoms. The highest BCUT2D eigenvalue weighted by atomic mass is 31.2. The molecule has 272 valence electrons. The van der Waals surface area contributed by atoms with Gasteiger partial charge < -0.3 is 20.1 Å². The van der Waals surface area contributed by atoms with Crippen molar-refractivity contribution in [2.75, 3.05) is 33.0 Å². The molecule has 0 heterocycles. The molecule has 0 amide bonds. The molecule has 0 aliphatic rings. The summed E-state index contributed by atoms with van der Waals surface area (Å²) in [6.45, 7) is 4.81. The van der Waals surface area contributed by atoms with Crippen molar-refractivity contribution in [2.45, 2.75) is 174 Å². The van der Waals surface area contributed by atoms with E-state index in [0.717, 1.165) is 51.4 Å².